The fourth-order valence-corrected chi connectivity index (χ4v) is 2.91. The highest BCUT2D eigenvalue weighted by atomic mass is 19.4. The Bertz CT molecular complexity index is 1210. The van der Waals surface area contributed by atoms with Gasteiger partial charge in [0.25, 0.3) is 11.8 Å². The van der Waals surface area contributed by atoms with Crippen LogP contribution in [0.3, 0.4) is 0 Å². The van der Waals surface area contributed by atoms with Gasteiger partial charge in [-0.25, -0.2) is 0 Å². The average Bonchev–Trinajstić information content (AvgIpc) is 2.79. The lowest BCUT2D eigenvalue weighted by Gasteiger charge is -2.11. The highest BCUT2D eigenvalue weighted by molar-refractivity contribution is 6.07. The molecule has 3 rings (SSSR count). The summed E-state index contributed by atoms with van der Waals surface area (Å²) in [7, 11) is 0. The molecular weight excluding hydrogens is 447 g/mol. The van der Waals surface area contributed by atoms with Crippen LogP contribution in [0.4, 0.5) is 30.2 Å². The average molecular weight is 469 g/mol. The maximum absolute atomic E-state index is 12.9. The van der Waals surface area contributed by atoms with Crippen molar-refractivity contribution in [2.75, 3.05) is 16.0 Å². The number of carbonyl (C=O) groups excluding carboxylic acids is 3. The van der Waals surface area contributed by atoms with Crippen molar-refractivity contribution in [3.8, 4) is 0 Å². The van der Waals surface area contributed by atoms with E-state index in [1.165, 1.54) is 24.3 Å². The normalized spacial score (nSPS) is 11.1. The molecule has 6 nitrogen and oxygen atoms in total. The van der Waals surface area contributed by atoms with E-state index < -0.39 is 23.6 Å². The summed E-state index contributed by atoms with van der Waals surface area (Å²) in [6.07, 6.45) is -4.52. The molecule has 9 heteroatoms. The third kappa shape index (κ3) is 6.44. The Labute approximate surface area is 194 Å². The lowest BCUT2D eigenvalue weighted by molar-refractivity contribution is -0.137. The van der Waals surface area contributed by atoms with Gasteiger partial charge in [-0.15, -0.1) is 0 Å². The van der Waals surface area contributed by atoms with Crippen molar-refractivity contribution in [3.05, 3.63) is 89.5 Å². The SMILES string of the molecule is CC(C)C(=O)Nc1ccc(C(=O)Nc2cccc(C(=O)Nc3cccc(C(F)(F)F)c3)c2)cc1. The van der Waals surface area contributed by atoms with Crippen molar-refractivity contribution >= 4 is 34.8 Å². The lowest BCUT2D eigenvalue weighted by atomic mass is 10.1. The molecule has 0 saturated heterocycles. The van der Waals surface area contributed by atoms with Gasteiger partial charge in [0.05, 0.1) is 5.56 Å². The van der Waals surface area contributed by atoms with Gasteiger partial charge in [-0.2, -0.15) is 13.2 Å². The van der Waals surface area contributed by atoms with E-state index in [0.29, 0.717) is 16.9 Å². The number of benzene rings is 3. The Morgan fingerprint density at radius 2 is 1.24 bits per heavy atom. The standard InChI is InChI=1S/C25H22F3N3O3/c1-15(2)22(32)29-19-11-9-16(10-12-19)23(33)30-20-7-3-5-17(13-20)24(34)31-21-8-4-6-18(14-21)25(26,27)28/h3-15H,1-2H3,(H,29,32)(H,30,33)(H,31,34). The van der Waals surface area contributed by atoms with Crippen LogP contribution in [0.1, 0.15) is 40.1 Å². The summed E-state index contributed by atoms with van der Waals surface area (Å²) in [5, 5.41) is 7.83. The molecule has 0 heterocycles. The second kappa shape index (κ2) is 10.2. The molecule has 176 valence electrons. The monoisotopic (exact) mass is 469 g/mol. The number of hydrogen-bond acceptors (Lipinski definition) is 3. The Morgan fingerprint density at radius 1 is 0.676 bits per heavy atom. The number of rotatable bonds is 6. The molecule has 3 amide bonds. The first-order valence-corrected chi connectivity index (χ1v) is 10.3. The van der Waals surface area contributed by atoms with Crippen LogP contribution in [0.15, 0.2) is 72.8 Å². The molecule has 0 aliphatic rings. The lowest BCUT2D eigenvalue weighted by Crippen LogP contribution is -2.18. The maximum Gasteiger partial charge on any atom is 0.416 e. The predicted molar refractivity (Wildman–Crippen MR) is 124 cm³/mol. The number of nitrogens with one attached hydrogen (secondary N) is 3. The van der Waals surface area contributed by atoms with Crippen LogP contribution in [0.2, 0.25) is 0 Å². The van der Waals surface area contributed by atoms with Gasteiger partial charge in [0, 0.05) is 34.1 Å². The minimum Gasteiger partial charge on any atom is -0.326 e. The highest BCUT2D eigenvalue weighted by Gasteiger charge is 2.30. The number of halogens is 3. The summed E-state index contributed by atoms with van der Waals surface area (Å²) in [6.45, 7) is 3.54. The fourth-order valence-electron chi connectivity index (χ4n) is 2.91. The van der Waals surface area contributed by atoms with Gasteiger partial charge in [-0.1, -0.05) is 26.0 Å². The first kappa shape index (κ1) is 24.5. The van der Waals surface area contributed by atoms with Crippen LogP contribution in [0.5, 0.6) is 0 Å². The molecule has 34 heavy (non-hydrogen) atoms. The zero-order chi connectivity index (χ0) is 24.9. The van der Waals surface area contributed by atoms with E-state index in [1.54, 1.807) is 50.2 Å². The minimum absolute atomic E-state index is 0.00101. The second-order valence-corrected chi connectivity index (χ2v) is 7.79. The Hall–Kier alpha value is -4.14. The zero-order valence-corrected chi connectivity index (χ0v) is 18.4. The van der Waals surface area contributed by atoms with Crippen molar-refractivity contribution in [2.45, 2.75) is 20.0 Å². The van der Waals surface area contributed by atoms with Crippen LogP contribution < -0.4 is 16.0 Å². The number of anilines is 3. The van der Waals surface area contributed by atoms with Crippen LogP contribution >= 0.6 is 0 Å². The summed E-state index contributed by atoms with van der Waals surface area (Å²) in [5.41, 5.74) is 0.505. The van der Waals surface area contributed by atoms with E-state index in [-0.39, 0.29) is 23.1 Å². The largest absolute Gasteiger partial charge is 0.416 e. The summed E-state index contributed by atoms with van der Waals surface area (Å²) >= 11 is 0. The smallest absolute Gasteiger partial charge is 0.326 e. The first-order valence-electron chi connectivity index (χ1n) is 10.3. The molecule has 0 saturated carbocycles. The van der Waals surface area contributed by atoms with Crippen LogP contribution in [0, 0.1) is 5.92 Å². The van der Waals surface area contributed by atoms with Gasteiger partial charge < -0.3 is 16.0 Å². The van der Waals surface area contributed by atoms with Crippen molar-refractivity contribution in [1.29, 1.82) is 0 Å². The van der Waals surface area contributed by atoms with Gasteiger partial charge in [0.1, 0.15) is 0 Å². The van der Waals surface area contributed by atoms with Crippen molar-refractivity contribution in [1.82, 2.24) is 0 Å². The summed E-state index contributed by atoms with van der Waals surface area (Å²) in [5.74, 6) is -1.38. The third-order valence-corrected chi connectivity index (χ3v) is 4.77. The number of hydrogen-bond donors (Lipinski definition) is 3. The molecule has 3 N–H and O–H groups in total. The van der Waals surface area contributed by atoms with E-state index in [1.807, 2.05) is 0 Å². The number of carbonyl (C=O) groups is 3. The molecule has 0 unspecified atom stereocenters. The van der Waals surface area contributed by atoms with E-state index in [0.717, 1.165) is 12.1 Å². The van der Waals surface area contributed by atoms with E-state index in [4.69, 9.17) is 0 Å². The highest BCUT2D eigenvalue weighted by Crippen LogP contribution is 2.30. The molecule has 0 bridgehead atoms. The molecule has 0 aliphatic carbocycles. The van der Waals surface area contributed by atoms with Crippen molar-refractivity contribution < 1.29 is 27.6 Å². The molecule has 3 aromatic rings. The quantitative estimate of drug-likeness (QED) is 0.426. The zero-order valence-electron chi connectivity index (χ0n) is 18.4. The summed E-state index contributed by atoms with van der Waals surface area (Å²) in [4.78, 5) is 36.8. The number of amides is 3. The third-order valence-electron chi connectivity index (χ3n) is 4.77. The van der Waals surface area contributed by atoms with Crippen molar-refractivity contribution in [3.63, 3.8) is 0 Å². The van der Waals surface area contributed by atoms with E-state index >= 15 is 0 Å². The van der Waals surface area contributed by atoms with Gasteiger partial charge in [0.2, 0.25) is 5.91 Å². The van der Waals surface area contributed by atoms with Crippen LogP contribution in [-0.4, -0.2) is 17.7 Å². The van der Waals surface area contributed by atoms with Gasteiger partial charge in [0.15, 0.2) is 0 Å². The molecular formula is C25H22F3N3O3. The molecule has 0 spiro atoms. The maximum atomic E-state index is 12.9. The predicted octanol–water partition coefficient (Wildman–Crippen LogP) is 5.80. The first-order chi connectivity index (χ1) is 16.0. The van der Waals surface area contributed by atoms with E-state index in [2.05, 4.69) is 16.0 Å². The Morgan fingerprint density at radius 3 is 1.82 bits per heavy atom. The summed E-state index contributed by atoms with van der Waals surface area (Å²) in [6, 6.07) is 16.6. The van der Waals surface area contributed by atoms with Crippen LogP contribution in [-0.2, 0) is 11.0 Å². The molecule has 0 aromatic heterocycles. The molecule has 0 atom stereocenters. The topological polar surface area (TPSA) is 87.3 Å². The van der Waals surface area contributed by atoms with E-state index in [9.17, 15) is 27.6 Å². The minimum atomic E-state index is -4.52. The van der Waals surface area contributed by atoms with Gasteiger partial charge in [-0.3, -0.25) is 14.4 Å². The Kier molecular flexibility index (Phi) is 7.35. The van der Waals surface area contributed by atoms with Crippen LogP contribution in [0.25, 0.3) is 0 Å². The Balaban J connectivity index is 1.67. The number of alkyl halides is 3. The van der Waals surface area contributed by atoms with Gasteiger partial charge in [-0.05, 0) is 60.7 Å². The van der Waals surface area contributed by atoms with Crippen molar-refractivity contribution in [2.24, 2.45) is 5.92 Å². The molecule has 0 fully saturated rings. The molecule has 0 radical (unpaired) electrons. The summed E-state index contributed by atoms with van der Waals surface area (Å²) < 4.78 is 38.6. The fraction of sp³-hybridized carbons (Fsp3) is 0.160. The molecule has 3 aromatic carbocycles. The molecule has 0 aliphatic heterocycles. The second-order valence-electron chi connectivity index (χ2n) is 7.79. The van der Waals surface area contributed by atoms with Gasteiger partial charge >= 0.3 is 6.18 Å².